The predicted octanol–water partition coefficient (Wildman–Crippen LogP) is 0.280. The molecular formula is C35H54O13. The molecule has 0 radical (unpaired) electrons. The minimum Gasteiger partial charge on any atom is -0.458 e. The van der Waals surface area contributed by atoms with Crippen molar-refractivity contribution >= 4 is 5.97 Å². The van der Waals surface area contributed by atoms with Gasteiger partial charge in [0.2, 0.25) is 0 Å². The Bertz CT molecular complexity index is 1230. The normalized spacial score (nSPS) is 55.3. The smallest absolute Gasteiger partial charge is 0.331 e. The fraction of sp³-hybridized carbons (Fsp3) is 0.914. The second kappa shape index (κ2) is 12.8. The molecule has 0 unspecified atom stereocenters. The predicted molar refractivity (Wildman–Crippen MR) is 166 cm³/mol. The molecule has 0 spiro atoms. The number of esters is 1. The fourth-order valence-electron chi connectivity index (χ4n) is 11.3. The monoisotopic (exact) mass is 682 g/mol. The maximum Gasteiger partial charge on any atom is 0.331 e. The number of aliphatic hydroxyl groups is 7. The van der Waals surface area contributed by atoms with Crippen LogP contribution in [0.2, 0.25) is 0 Å². The van der Waals surface area contributed by atoms with Gasteiger partial charge in [0.1, 0.15) is 37.1 Å². The van der Waals surface area contributed by atoms with E-state index >= 15 is 0 Å². The van der Waals surface area contributed by atoms with Gasteiger partial charge in [0, 0.05) is 17.9 Å². The first-order valence-electron chi connectivity index (χ1n) is 17.9. The summed E-state index contributed by atoms with van der Waals surface area (Å²) in [5, 5.41) is 75.4. The maximum atomic E-state index is 12.5. The van der Waals surface area contributed by atoms with Crippen molar-refractivity contribution < 1.29 is 64.2 Å². The van der Waals surface area contributed by atoms with Crippen molar-refractivity contribution in [1.29, 1.82) is 0 Å². The van der Waals surface area contributed by atoms with E-state index in [9.17, 15) is 40.5 Å². The average Bonchev–Trinajstić information content (AvgIpc) is 3.60. The van der Waals surface area contributed by atoms with Gasteiger partial charge in [0.15, 0.2) is 12.6 Å². The Balaban J connectivity index is 0.974. The Labute approximate surface area is 281 Å². The van der Waals surface area contributed by atoms with Crippen LogP contribution in [0.5, 0.6) is 0 Å². The standard InChI is InChI=1S/C35H54O13/c1-16-31(48-32-30(42)29(41)28(40)24(14-36)47-32)23(37)13-27(45-16)46-19-6-8-33(2)18(11-19)4-5-21-22(33)12-25(38)34(3)20(7-9-35(21,34)43)17-10-26(39)44-15-17/h10,16,18-25,27-32,36-38,40-43H,4-9,11-15H2,1-3H3/t16-,18-,19+,20-,21-,22+,23+,24-,25-,27+,28-,29+,30-,31-,32+,33+,34+,35+/m1/s1. The number of hydrogen-bond donors (Lipinski definition) is 7. The Morgan fingerprint density at radius 3 is 2.35 bits per heavy atom. The molecule has 4 aliphatic carbocycles. The van der Waals surface area contributed by atoms with Gasteiger partial charge in [-0.1, -0.05) is 13.8 Å². The molecule has 0 aromatic heterocycles. The summed E-state index contributed by atoms with van der Waals surface area (Å²) in [5.41, 5.74) is -0.943. The summed E-state index contributed by atoms with van der Waals surface area (Å²) in [6.07, 6.45) is -3.28. The highest BCUT2D eigenvalue weighted by Crippen LogP contribution is 2.70. The Morgan fingerprint density at radius 1 is 0.896 bits per heavy atom. The van der Waals surface area contributed by atoms with Gasteiger partial charge in [-0.2, -0.15) is 0 Å². The number of rotatable bonds is 6. The summed E-state index contributed by atoms with van der Waals surface area (Å²) in [6.45, 7) is 5.73. The summed E-state index contributed by atoms with van der Waals surface area (Å²) >= 11 is 0. The Morgan fingerprint density at radius 2 is 1.67 bits per heavy atom. The fourth-order valence-corrected chi connectivity index (χ4v) is 11.3. The summed E-state index contributed by atoms with van der Waals surface area (Å²) in [6, 6.07) is 0. The lowest BCUT2D eigenvalue weighted by Crippen LogP contribution is -2.67. The zero-order chi connectivity index (χ0) is 34.3. The molecule has 272 valence electrons. The molecule has 13 heteroatoms. The number of aliphatic hydroxyl groups excluding tert-OH is 6. The molecule has 0 bridgehead atoms. The van der Waals surface area contributed by atoms with Gasteiger partial charge in [-0.3, -0.25) is 0 Å². The highest BCUT2D eigenvalue weighted by molar-refractivity contribution is 5.85. The van der Waals surface area contributed by atoms with E-state index in [0.717, 1.165) is 44.1 Å². The van der Waals surface area contributed by atoms with Crippen LogP contribution in [0.4, 0.5) is 0 Å². The first kappa shape index (κ1) is 35.2. The van der Waals surface area contributed by atoms with Crippen molar-refractivity contribution in [2.45, 2.75) is 152 Å². The molecule has 7 rings (SSSR count). The highest BCUT2D eigenvalue weighted by Gasteiger charge is 2.71. The average molecular weight is 683 g/mol. The van der Waals surface area contributed by atoms with Crippen LogP contribution in [0.1, 0.15) is 78.6 Å². The molecule has 0 aromatic carbocycles. The van der Waals surface area contributed by atoms with Gasteiger partial charge in [0.25, 0.3) is 0 Å². The quantitative estimate of drug-likeness (QED) is 0.149. The lowest BCUT2D eigenvalue weighted by atomic mass is 9.42. The SMILES string of the molecule is C[C@H]1O[C@@H](O[C@H]2CC[C@@]3(C)[C@H](CC[C@@H]4[C@@H]3C[C@@H](O)[C@]3(C)[C@@H](C5=CC(=O)OC5)CC[C@]43O)C2)C[C@H](O)[C@@H]1O[C@@H]1O[C@H](CO)[C@@H](O)[C@H](O)[C@H]1O. The van der Waals surface area contributed by atoms with Crippen LogP contribution in [-0.4, -0.2) is 128 Å². The molecule has 3 aliphatic heterocycles. The first-order chi connectivity index (χ1) is 22.7. The second-order valence-corrected chi connectivity index (χ2v) is 16.3. The highest BCUT2D eigenvalue weighted by atomic mass is 16.7. The van der Waals surface area contributed by atoms with Crippen molar-refractivity contribution in [1.82, 2.24) is 0 Å². The van der Waals surface area contributed by atoms with Gasteiger partial charge in [-0.15, -0.1) is 0 Å². The molecule has 6 fully saturated rings. The lowest BCUT2D eigenvalue weighted by molar-refractivity contribution is -0.344. The third-order valence-electron chi connectivity index (χ3n) is 14.2. The van der Waals surface area contributed by atoms with Crippen molar-refractivity contribution in [3.8, 4) is 0 Å². The van der Waals surface area contributed by atoms with Crippen LogP contribution < -0.4 is 0 Å². The van der Waals surface area contributed by atoms with Crippen molar-refractivity contribution in [3.05, 3.63) is 11.6 Å². The van der Waals surface area contributed by atoms with Crippen LogP contribution in [0, 0.1) is 34.5 Å². The zero-order valence-corrected chi connectivity index (χ0v) is 28.1. The lowest BCUT2D eigenvalue weighted by Gasteiger charge is -2.65. The van der Waals surface area contributed by atoms with E-state index in [2.05, 4.69) is 6.92 Å². The molecular weight excluding hydrogens is 628 g/mol. The van der Waals surface area contributed by atoms with E-state index in [4.69, 9.17) is 23.7 Å². The van der Waals surface area contributed by atoms with Crippen LogP contribution in [0.3, 0.4) is 0 Å². The van der Waals surface area contributed by atoms with Gasteiger partial charge in [-0.25, -0.2) is 4.79 Å². The van der Waals surface area contributed by atoms with Crippen molar-refractivity contribution in [3.63, 3.8) is 0 Å². The third kappa shape index (κ3) is 5.42. The molecule has 13 nitrogen and oxygen atoms in total. The molecule has 4 saturated carbocycles. The van der Waals surface area contributed by atoms with Crippen LogP contribution in [-0.2, 0) is 28.5 Å². The molecule has 48 heavy (non-hydrogen) atoms. The first-order valence-corrected chi connectivity index (χ1v) is 17.9. The van der Waals surface area contributed by atoms with E-state index < -0.39 is 79.0 Å². The number of ether oxygens (including phenoxy) is 5. The molecule has 3 heterocycles. The molecule has 7 N–H and O–H groups in total. The van der Waals surface area contributed by atoms with Crippen molar-refractivity contribution in [2.24, 2.45) is 34.5 Å². The van der Waals surface area contributed by atoms with Crippen LogP contribution >= 0.6 is 0 Å². The van der Waals surface area contributed by atoms with E-state index in [1.807, 2.05) is 6.92 Å². The van der Waals surface area contributed by atoms with Gasteiger partial charge < -0.3 is 59.4 Å². The number of cyclic esters (lactones) is 1. The minimum atomic E-state index is -1.59. The molecule has 18 atom stereocenters. The third-order valence-corrected chi connectivity index (χ3v) is 14.2. The molecule has 2 saturated heterocycles. The summed E-state index contributed by atoms with van der Waals surface area (Å²) < 4.78 is 29.1. The summed E-state index contributed by atoms with van der Waals surface area (Å²) in [7, 11) is 0. The molecule has 0 aromatic rings. The zero-order valence-electron chi connectivity index (χ0n) is 28.1. The number of fused-ring (bicyclic) bond motifs is 5. The van der Waals surface area contributed by atoms with Crippen molar-refractivity contribution in [2.75, 3.05) is 13.2 Å². The van der Waals surface area contributed by atoms with Gasteiger partial charge >= 0.3 is 5.97 Å². The molecule has 0 amide bonds. The van der Waals surface area contributed by atoms with E-state index in [-0.39, 0.29) is 48.3 Å². The van der Waals surface area contributed by atoms with Gasteiger partial charge in [0.05, 0.1) is 36.6 Å². The van der Waals surface area contributed by atoms with Crippen LogP contribution in [0.25, 0.3) is 0 Å². The largest absolute Gasteiger partial charge is 0.458 e. The van der Waals surface area contributed by atoms with E-state index in [1.165, 1.54) is 0 Å². The van der Waals surface area contributed by atoms with E-state index in [1.54, 1.807) is 13.0 Å². The molecule has 7 aliphatic rings. The number of carbonyl (C=O) groups is 1. The number of carbonyl (C=O) groups excluding carboxylic acids is 1. The van der Waals surface area contributed by atoms with Crippen LogP contribution in [0.15, 0.2) is 11.6 Å². The summed E-state index contributed by atoms with van der Waals surface area (Å²) in [5.74, 6) is 0.129. The number of hydrogen-bond acceptors (Lipinski definition) is 13. The topological polar surface area (TPSA) is 205 Å². The minimum absolute atomic E-state index is 0.0616. The Hall–Kier alpha value is -1.23. The Kier molecular flexibility index (Phi) is 9.36. The second-order valence-electron chi connectivity index (χ2n) is 16.3. The van der Waals surface area contributed by atoms with Gasteiger partial charge in [-0.05, 0) is 93.0 Å². The summed E-state index contributed by atoms with van der Waals surface area (Å²) in [4.78, 5) is 11.9. The maximum absolute atomic E-state index is 12.5. The van der Waals surface area contributed by atoms with E-state index in [0.29, 0.717) is 18.8 Å².